The van der Waals surface area contributed by atoms with Gasteiger partial charge in [0.2, 0.25) is 0 Å². The highest BCUT2D eigenvalue weighted by Gasteiger charge is 2.17. The Hall–Kier alpha value is -1.80. The summed E-state index contributed by atoms with van der Waals surface area (Å²) in [6.45, 7) is 4.22. The molecule has 0 radical (unpaired) electrons. The predicted octanol–water partition coefficient (Wildman–Crippen LogP) is 3.62. The van der Waals surface area contributed by atoms with Crippen LogP contribution in [0.1, 0.15) is 28.3 Å². The van der Waals surface area contributed by atoms with E-state index in [0.717, 1.165) is 5.75 Å². The molecule has 1 atom stereocenters. The van der Waals surface area contributed by atoms with Crippen molar-refractivity contribution in [1.82, 2.24) is 5.32 Å². The predicted molar refractivity (Wildman–Crippen MR) is 79.8 cm³/mol. The maximum atomic E-state index is 5.53. The van der Waals surface area contributed by atoms with Gasteiger partial charge in [-0.15, -0.1) is 0 Å². The molecule has 19 heavy (non-hydrogen) atoms. The van der Waals surface area contributed by atoms with Crippen LogP contribution < -0.4 is 10.1 Å². The summed E-state index contributed by atoms with van der Waals surface area (Å²) in [5.74, 6) is 0.933. The summed E-state index contributed by atoms with van der Waals surface area (Å²) in [4.78, 5) is 0. The third-order valence-electron chi connectivity index (χ3n) is 3.49. The van der Waals surface area contributed by atoms with Gasteiger partial charge in [-0.2, -0.15) is 0 Å². The lowest BCUT2D eigenvalue weighted by molar-refractivity contribution is 0.405. The molecule has 0 bridgehead atoms. The molecule has 100 valence electrons. The average molecular weight is 255 g/mol. The molecule has 2 aromatic carbocycles. The second-order valence-corrected chi connectivity index (χ2v) is 4.82. The lowest BCUT2D eigenvalue weighted by Crippen LogP contribution is -2.19. The smallest absolute Gasteiger partial charge is 0.124 e. The minimum atomic E-state index is 0.150. The first kappa shape index (κ1) is 13.6. The van der Waals surface area contributed by atoms with E-state index in [1.165, 1.54) is 22.3 Å². The molecular weight excluding hydrogens is 234 g/mol. The maximum Gasteiger partial charge on any atom is 0.124 e. The number of ether oxygens (including phenoxy) is 1. The van der Waals surface area contributed by atoms with Crippen LogP contribution in [0, 0.1) is 13.8 Å². The molecule has 1 N–H and O–H groups in total. The van der Waals surface area contributed by atoms with E-state index in [1.807, 2.05) is 7.05 Å². The second kappa shape index (κ2) is 5.89. The molecule has 2 heteroatoms. The van der Waals surface area contributed by atoms with E-state index in [4.69, 9.17) is 4.74 Å². The first-order chi connectivity index (χ1) is 9.17. The Balaban J connectivity index is 2.51. The number of rotatable bonds is 4. The molecule has 0 aromatic heterocycles. The van der Waals surface area contributed by atoms with Crippen molar-refractivity contribution in [1.29, 1.82) is 0 Å². The van der Waals surface area contributed by atoms with Crippen LogP contribution >= 0.6 is 0 Å². The molecule has 0 fully saturated rings. The fourth-order valence-electron chi connectivity index (χ4n) is 2.45. The third-order valence-corrected chi connectivity index (χ3v) is 3.49. The summed E-state index contributed by atoms with van der Waals surface area (Å²) in [7, 11) is 3.71. The normalized spacial score (nSPS) is 12.2. The Bertz CT molecular complexity index is 563. The molecule has 0 saturated heterocycles. The highest BCUT2D eigenvalue weighted by atomic mass is 16.5. The summed E-state index contributed by atoms with van der Waals surface area (Å²) in [6, 6.07) is 14.9. The van der Waals surface area contributed by atoms with Crippen molar-refractivity contribution in [2.24, 2.45) is 0 Å². The van der Waals surface area contributed by atoms with Gasteiger partial charge < -0.3 is 10.1 Å². The summed E-state index contributed by atoms with van der Waals surface area (Å²) in [5.41, 5.74) is 4.95. The fraction of sp³-hybridized carbons (Fsp3) is 0.294. The molecule has 0 saturated carbocycles. The topological polar surface area (TPSA) is 21.3 Å². The van der Waals surface area contributed by atoms with Gasteiger partial charge in [-0.25, -0.2) is 0 Å². The number of nitrogens with one attached hydrogen (secondary N) is 1. The minimum Gasteiger partial charge on any atom is -0.496 e. The zero-order valence-electron chi connectivity index (χ0n) is 12.0. The van der Waals surface area contributed by atoms with E-state index >= 15 is 0 Å². The monoisotopic (exact) mass is 255 g/mol. The van der Waals surface area contributed by atoms with E-state index in [1.54, 1.807) is 7.11 Å². The van der Waals surface area contributed by atoms with Crippen molar-refractivity contribution in [2.45, 2.75) is 19.9 Å². The van der Waals surface area contributed by atoms with Crippen LogP contribution in [0.15, 0.2) is 42.5 Å². The Morgan fingerprint density at radius 3 is 2.37 bits per heavy atom. The summed E-state index contributed by atoms with van der Waals surface area (Å²) in [6.07, 6.45) is 0. The van der Waals surface area contributed by atoms with Crippen molar-refractivity contribution in [2.75, 3.05) is 14.2 Å². The van der Waals surface area contributed by atoms with Crippen molar-refractivity contribution < 1.29 is 4.74 Å². The van der Waals surface area contributed by atoms with Gasteiger partial charge >= 0.3 is 0 Å². The van der Waals surface area contributed by atoms with Crippen LogP contribution in [0.5, 0.6) is 5.75 Å². The Labute approximate surface area is 115 Å². The van der Waals surface area contributed by atoms with Crippen molar-refractivity contribution in [3.05, 3.63) is 64.7 Å². The van der Waals surface area contributed by atoms with E-state index in [2.05, 4.69) is 61.6 Å². The molecule has 0 aliphatic carbocycles. The standard InChI is InChI=1S/C17H21NO/c1-12-9-10-15(16(11-12)19-4)17(18-3)14-8-6-5-7-13(14)2/h5-11,17-18H,1-4H3. The Kier molecular flexibility index (Phi) is 4.23. The first-order valence-corrected chi connectivity index (χ1v) is 6.54. The summed E-state index contributed by atoms with van der Waals surface area (Å²) < 4.78 is 5.53. The number of methoxy groups -OCH3 is 1. The molecule has 1 unspecified atom stereocenters. The van der Waals surface area contributed by atoms with Gasteiger partial charge in [0.1, 0.15) is 5.75 Å². The van der Waals surface area contributed by atoms with Crippen LogP contribution in [0.25, 0.3) is 0 Å². The Morgan fingerprint density at radius 1 is 1.00 bits per heavy atom. The van der Waals surface area contributed by atoms with Crippen LogP contribution in [0.4, 0.5) is 0 Å². The van der Waals surface area contributed by atoms with Gasteiger partial charge in [0, 0.05) is 5.56 Å². The molecule has 0 spiro atoms. The van der Waals surface area contributed by atoms with E-state index < -0.39 is 0 Å². The van der Waals surface area contributed by atoms with Crippen molar-refractivity contribution >= 4 is 0 Å². The molecule has 0 aliphatic rings. The van der Waals surface area contributed by atoms with E-state index in [-0.39, 0.29) is 6.04 Å². The molecule has 2 aromatic rings. The number of hydrogen-bond donors (Lipinski definition) is 1. The second-order valence-electron chi connectivity index (χ2n) is 4.82. The zero-order valence-corrected chi connectivity index (χ0v) is 12.0. The number of hydrogen-bond acceptors (Lipinski definition) is 2. The van der Waals surface area contributed by atoms with Gasteiger partial charge in [-0.3, -0.25) is 0 Å². The lowest BCUT2D eigenvalue weighted by Gasteiger charge is -2.22. The summed E-state index contributed by atoms with van der Waals surface area (Å²) in [5, 5.41) is 3.39. The molecule has 2 nitrogen and oxygen atoms in total. The molecule has 0 amide bonds. The highest BCUT2D eigenvalue weighted by Crippen LogP contribution is 2.31. The van der Waals surface area contributed by atoms with Gasteiger partial charge in [0.05, 0.1) is 13.2 Å². The molecule has 2 rings (SSSR count). The highest BCUT2D eigenvalue weighted by molar-refractivity contribution is 5.45. The number of aryl methyl sites for hydroxylation is 2. The summed E-state index contributed by atoms with van der Waals surface area (Å²) >= 11 is 0. The van der Waals surface area contributed by atoms with Crippen molar-refractivity contribution in [3.63, 3.8) is 0 Å². The van der Waals surface area contributed by atoms with Crippen LogP contribution in [0.3, 0.4) is 0 Å². The van der Waals surface area contributed by atoms with Gasteiger partial charge in [0.25, 0.3) is 0 Å². The van der Waals surface area contributed by atoms with E-state index in [0.29, 0.717) is 0 Å². The third kappa shape index (κ3) is 2.79. The van der Waals surface area contributed by atoms with Crippen LogP contribution in [-0.2, 0) is 0 Å². The minimum absolute atomic E-state index is 0.150. The SMILES string of the molecule is CNC(c1ccccc1C)c1ccc(C)cc1OC. The Morgan fingerprint density at radius 2 is 1.74 bits per heavy atom. The van der Waals surface area contributed by atoms with E-state index in [9.17, 15) is 0 Å². The van der Waals surface area contributed by atoms with Gasteiger partial charge in [0.15, 0.2) is 0 Å². The van der Waals surface area contributed by atoms with Crippen LogP contribution in [-0.4, -0.2) is 14.2 Å². The maximum absolute atomic E-state index is 5.53. The molecular formula is C17H21NO. The largest absolute Gasteiger partial charge is 0.496 e. The molecule has 0 heterocycles. The van der Waals surface area contributed by atoms with Gasteiger partial charge in [-0.1, -0.05) is 36.4 Å². The quantitative estimate of drug-likeness (QED) is 0.901. The van der Waals surface area contributed by atoms with Crippen LogP contribution in [0.2, 0.25) is 0 Å². The molecule has 0 aliphatic heterocycles. The zero-order chi connectivity index (χ0) is 13.8. The fourth-order valence-corrected chi connectivity index (χ4v) is 2.45. The lowest BCUT2D eigenvalue weighted by atomic mass is 9.94. The van der Waals surface area contributed by atoms with Gasteiger partial charge in [-0.05, 0) is 43.7 Å². The average Bonchev–Trinajstić information content (AvgIpc) is 2.43. The first-order valence-electron chi connectivity index (χ1n) is 6.54. The number of benzene rings is 2. The van der Waals surface area contributed by atoms with Crippen molar-refractivity contribution in [3.8, 4) is 5.75 Å².